The number of carbonyl (C=O) groups excluding carboxylic acids is 1. The molecule has 0 N–H and O–H groups in total. The molecule has 20 heavy (non-hydrogen) atoms. The average Bonchev–Trinajstić information content (AvgIpc) is 2.80. The van der Waals surface area contributed by atoms with Gasteiger partial charge in [-0.05, 0) is 25.8 Å². The topological polar surface area (TPSA) is 57.0 Å². The molecule has 5 heteroatoms. The van der Waals surface area contributed by atoms with Gasteiger partial charge in [0, 0.05) is 13.5 Å². The van der Waals surface area contributed by atoms with Crippen LogP contribution >= 0.6 is 0 Å². The fourth-order valence-electron chi connectivity index (χ4n) is 1.93. The summed E-state index contributed by atoms with van der Waals surface area (Å²) in [6.45, 7) is 4.16. The van der Waals surface area contributed by atoms with E-state index in [4.69, 9.17) is 4.74 Å². The lowest BCUT2D eigenvalue weighted by Crippen LogP contribution is -2.07. The van der Waals surface area contributed by atoms with Crippen molar-refractivity contribution in [3.05, 3.63) is 47.0 Å². The second kappa shape index (κ2) is 6.32. The molecule has 0 bridgehead atoms. The van der Waals surface area contributed by atoms with Gasteiger partial charge in [0.05, 0.1) is 6.61 Å². The first-order valence-electron chi connectivity index (χ1n) is 6.72. The third-order valence-electron chi connectivity index (χ3n) is 3.07. The van der Waals surface area contributed by atoms with Crippen molar-refractivity contribution in [3.8, 4) is 0 Å². The molecule has 1 heterocycles. The van der Waals surface area contributed by atoms with Gasteiger partial charge in [0.1, 0.15) is 5.82 Å². The molecule has 1 aromatic carbocycles. The number of hydrogen-bond donors (Lipinski definition) is 0. The molecule has 2 aromatic rings. The van der Waals surface area contributed by atoms with Gasteiger partial charge < -0.3 is 4.74 Å². The Labute approximate surface area is 118 Å². The van der Waals surface area contributed by atoms with Gasteiger partial charge in [-0.25, -0.2) is 9.78 Å². The van der Waals surface area contributed by atoms with Crippen molar-refractivity contribution in [2.75, 3.05) is 6.61 Å². The SMILES string of the molecule is CCOC(=O)c1nc(CCc2ccc(C)cc2)n(C)n1. The molecule has 5 nitrogen and oxygen atoms in total. The van der Waals surface area contributed by atoms with Crippen molar-refractivity contribution >= 4 is 5.97 Å². The summed E-state index contributed by atoms with van der Waals surface area (Å²) in [6.07, 6.45) is 1.61. The van der Waals surface area contributed by atoms with Crippen LogP contribution in [0.4, 0.5) is 0 Å². The maximum Gasteiger partial charge on any atom is 0.378 e. The number of ether oxygens (including phenoxy) is 1. The number of benzene rings is 1. The molecule has 0 unspecified atom stereocenters. The minimum Gasteiger partial charge on any atom is -0.460 e. The van der Waals surface area contributed by atoms with E-state index in [9.17, 15) is 4.79 Å². The highest BCUT2D eigenvalue weighted by atomic mass is 16.5. The number of rotatable bonds is 5. The van der Waals surface area contributed by atoms with Crippen LogP contribution in [0.1, 0.15) is 34.5 Å². The second-order valence-corrected chi connectivity index (χ2v) is 4.68. The smallest absolute Gasteiger partial charge is 0.378 e. The first-order valence-corrected chi connectivity index (χ1v) is 6.72. The van der Waals surface area contributed by atoms with E-state index in [-0.39, 0.29) is 5.82 Å². The van der Waals surface area contributed by atoms with Gasteiger partial charge in [0.2, 0.25) is 0 Å². The number of aromatic nitrogens is 3. The van der Waals surface area contributed by atoms with Crippen LogP contribution in [-0.2, 0) is 24.6 Å². The van der Waals surface area contributed by atoms with Gasteiger partial charge in [-0.15, -0.1) is 5.10 Å². The molecule has 2 rings (SSSR count). The van der Waals surface area contributed by atoms with E-state index in [0.29, 0.717) is 6.61 Å². The van der Waals surface area contributed by atoms with Crippen LogP contribution in [0.2, 0.25) is 0 Å². The van der Waals surface area contributed by atoms with Crippen molar-refractivity contribution in [2.45, 2.75) is 26.7 Å². The largest absolute Gasteiger partial charge is 0.460 e. The van der Waals surface area contributed by atoms with Gasteiger partial charge in [0.15, 0.2) is 0 Å². The lowest BCUT2D eigenvalue weighted by Gasteiger charge is -2.01. The third-order valence-corrected chi connectivity index (χ3v) is 3.07. The molecular formula is C15H19N3O2. The number of carbonyl (C=O) groups is 1. The quantitative estimate of drug-likeness (QED) is 0.783. The lowest BCUT2D eigenvalue weighted by atomic mass is 10.1. The summed E-state index contributed by atoms with van der Waals surface area (Å²) in [5.74, 6) is 0.451. The Morgan fingerprint density at radius 2 is 1.95 bits per heavy atom. The van der Waals surface area contributed by atoms with E-state index in [1.165, 1.54) is 11.1 Å². The minimum atomic E-state index is -0.468. The number of hydrogen-bond acceptors (Lipinski definition) is 4. The van der Waals surface area contributed by atoms with E-state index >= 15 is 0 Å². The van der Waals surface area contributed by atoms with Crippen molar-refractivity contribution in [1.82, 2.24) is 14.8 Å². The lowest BCUT2D eigenvalue weighted by molar-refractivity contribution is 0.0512. The summed E-state index contributed by atoms with van der Waals surface area (Å²) >= 11 is 0. The van der Waals surface area contributed by atoms with Crippen LogP contribution in [0.5, 0.6) is 0 Å². The third kappa shape index (κ3) is 3.44. The van der Waals surface area contributed by atoms with Crippen LogP contribution < -0.4 is 0 Å². The minimum absolute atomic E-state index is 0.133. The predicted octanol–water partition coefficient (Wildman–Crippen LogP) is 2.09. The van der Waals surface area contributed by atoms with E-state index < -0.39 is 5.97 Å². The molecular weight excluding hydrogens is 254 g/mol. The van der Waals surface area contributed by atoms with Gasteiger partial charge >= 0.3 is 5.97 Å². The molecule has 0 radical (unpaired) electrons. The molecule has 0 aliphatic heterocycles. The standard InChI is InChI=1S/C15H19N3O2/c1-4-20-15(19)14-16-13(18(3)17-14)10-9-12-7-5-11(2)6-8-12/h5-8H,4,9-10H2,1-3H3. The first-order chi connectivity index (χ1) is 9.60. The molecule has 0 spiro atoms. The van der Waals surface area contributed by atoms with Crippen molar-refractivity contribution in [2.24, 2.45) is 7.05 Å². The summed E-state index contributed by atoms with van der Waals surface area (Å²) in [7, 11) is 1.79. The molecule has 0 amide bonds. The Morgan fingerprint density at radius 1 is 1.25 bits per heavy atom. The summed E-state index contributed by atoms with van der Waals surface area (Å²) < 4.78 is 6.53. The molecule has 0 aliphatic carbocycles. The highest BCUT2D eigenvalue weighted by Crippen LogP contribution is 2.08. The second-order valence-electron chi connectivity index (χ2n) is 4.68. The first kappa shape index (κ1) is 14.2. The Balaban J connectivity index is 2.02. The fourth-order valence-corrected chi connectivity index (χ4v) is 1.93. The van der Waals surface area contributed by atoms with E-state index in [2.05, 4.69) is 41.3 Å². The van der Waals surface area contributed by atoms with Crippen molar-refractivity contribution in [1.29, 1.82) is 0 Å². The zero-order valence-electron chi connectivity index (χ0n) is 12.1. The van der Waals surface area contributed by atoms with E-state index in [0.717, 1.165) is 18.7 Å². The van der Waals surface area contributed by atoms with Gasteiger partial charge in [-0.2, -0.15) is 0 Å². The van der Waals surface area contributed by atoms with E-state index in [1.807, 2.05) is 0 Å². The van der Waals surface area contributed by atoms with Crippen LogP contribution in [0.15, 0.2) is 24.3 Å². The zero-order chi connectivity index (χ0) is 14.5. The fraction of sp³-hybridized carbons (Fsp3) is 0.400. The number of aryl methyl sites for hydroxylation is 4. The monoisotopic (exact) mass is 273 g/mol. The molecule has 0 atom stereocenters. The summed E-state index contributed by atoms with van der Waals surface area (Å²) in [6, 6.07) is 8.40. The van der Waals surface area contributed by atoms with Crippen LogP contribution in [0.25, 0.3) is 0 Å². The molecule has 0 aliphatic rings. The Kier molecular flexibility index (Phi) is 4.50. The highest BCUT2D eigenvalue weighted by Gasteiger charge is 2.15. The zero-order valence-corrected chi connectivity index (χ0v) is 12.1. The Bertz CT molecular complexity index is 588. The summed E-state index contributed by atoms with van der Waals surface area (Å²) in [5.41, 5.74) is 2.49. The van der Waals surface area contributed by atoms with Gasteiger partial charge in [0.25, 0.3) is 5.82 Å². The maximum atomic E-state index is 11.6. The molecule has 0 fully saturated rings. The summed E-state index contributed by atoms with van der Waals surface area (Å²) in [4.78, 5) is 15.8. The average molecular weight is 273 g/mol. The van der Waals surface area contributed by atoms with E-state index in [1.54, 1.807) is 18.7 Å². The van der Waals surface area contributed by atoms with Gasteiger partial charge in [-0.3, -0.25) is 4.68 Å². The Hall–Kier alpha value is -2.17. The highest BCUT2D eigenvalue weighted by molar-refractivity contribution is 5.84. The molecule has 0 saturated heterocycles. The van der Waals surface area contributed by atoms with Crippen LogP contribution in [-0.4, -0.2) is 27.3 Å². The van der Waals surface area contributed by atoms with Crippen molar-refractivity contribution in [3.63, 3.8) is 0 Å². The van der Waals surface area contributed by atoms with Crippen LogP contribution in [0, 0.1) is 6.92 Å². The van der Waals surface area contributed by atoms with Crippen molar-refractivity contribution < 1.29 is 9.53 Å². The predicted molar refractivity (Wildman–Crippen MR) is 75.5 cm³/mol. The molecule has 106 valence electrons. The maximum absolute atomic E-state index is 11.6. The number of nitrogens with zero attached hydrogens (tertiary/aromatic N) is 3. The summed E-state index contributed by atoms with van der Waals surface area (Å²) in [5, 5.41) is 4.09. The normalized spacial score (nSPS) is 10.6. The number of esters is 1. The van der Waals surface area contributed by atoms with Crippen LogP contribution in [0.3, 0.4) is 0 Å². The molecule has 0 saturated carbocycles. The molecule has 1 aromatic heterocycles. The Morgan fingerprint density at radius 3 is 2.60 bits per heavy atom. The van der Waals surface area contributed by atoms with Gasteiger partial charge in [-0.1, -0.05) is 29.8 Å².